The Morgan fingerprint density at radius 2 is 0.522 bits per heavy atom. The van der Waals surface area contributed by atoms with E-state index in [-0.39, 0.29) is 31.1 Å². The normalized spacial score (nSPS) is 12.5. The highest BCUT2D eigenvalue weighted by Gasteiger charge is 2.19. The van der Waals surface area contributed by atoms with Crippen molar-refractivity contribution in [2.24, 2.45) is 17.8 Å². The van der Waals surface area contributed by atoms with E-state index < -0.39 is 6.10 Å². The van der Waals surface area contributed by atoms with Crippen LogP contribution in [0.15, 0.2) is 0 Å². The van der Waals surface area contributed by atoms with Gasteiger partial charge < -0.3 is 14.2 Å². The number of rotatable bonds is 54. The van der Waals surface area contributed by atoms with Gasteiger partial charge in [-0.2, -0.15) is 0 Å². The second kappa shape index (κ2) is 52.2. The second-order valence-electron chi connectivity index (χ2n) is 22.2. The Morgan fingerprint density at radius 3 is 0.776 bits per heavy atom. The lowest BCUT2D eigenvalue weighted by Crippen LogP contribution is -2.30. The molecule has 398 valence electrons. The molecule has 0 aromatic carbocycles. The monoisotopic (exact) mass is 947 g/mol. The standard InChI is InChI=1S/C61H118O6/c1-7-57(6)49-43-37-31-27-28-33-39-45-51-60(63)66-54-58(53-65-59(62)50-44-38-32-25-21-18-14-16-20-24-30-36-42-48-56(4)5)67-61(64)52-46-40-34-26-22-17-13-11-9-8-10-12-15-19-23-29-35-41-47-55(2)3/h55-58H,7-54H2,1-6H3/t57?,58-/m0/s1. The largest absolute Gasteiger partial charge is 0.462 e. The summed E-state index contributed by atoms with van der Waals surface area (Å²) < 4.78 is 16.9. The van der Waals surface area contributed by atoms with Gasteiger partial charge in [0.1, 0.15) is 13.2 Å². The topological polar surface area (TPSA) is 78.9 Å². The van der Waals surface area contributed by atoms with Crippen LogP contribution in [0.2, 0.25) is 0 Å². The molecule has 0 aliphatic rings. The Kier molecular flexibility index (Phi) is 51.0. The number of carbonyl (C=O) groups excluding carboxylic acids is 3. The number of hydrogen-bond donors (Lipinski definition) is 0. The molecule has 0 heterocycles. The van der Waals surface area contributed by atoms with Crippen molar-refractivity contribution in [3.05, 3.63) is 0 Å². The summed E-state index contributed by atoms with van der Waals surface area (Å²) in [5, 5.41) is 0. The number of esters is 3. The first-order valence-electron chi connectivity index (χ1n) is 30.1. The SMILES string of the molecule is CCC(C)CCCCCCCCCCC(=O)OC[C@H](COC(=O)CCCCCCCCCCCCCCCC(C)C)OC(=O)CCCCCCCCCCCCCCCCCCCCC(C)C. The molecule has 0 radical (unpaired) electrons. The quantitative estimate of drug-likeness (QED) is 0.0343. The van der Waals surface area contributed by atoms with Crippen LogP contribution in [0.5, 0.6) is 0 Å². The van der Waals surface area contributed by atoms with Crippen LogP contribution in [0.3, 0.4) is 0 Å². The summed E-state index contributed by atoms with van der Waals surface area (Å²) in [6.45, 7) is 13.8. The lowest BCUT2D eigenvalue weighted by molar-refractivity contribution is -0.167. The zero-order valence-electron chi connectivity index (χ0n) is 46.2. The van der Waals surface area contributed by atoms with E-state index in [1.165, 1.54) is 218 Å². The number of ether oxygens (including phenoxy) is 3. The molecule has 0 N–H and O–H groups in total. The summed E-state index contributed by atoms with van der Waals surface area (Å²) in [6.07, 6.45) is 55.3. The van der Waals surface area contributed by atoms with Gasteiger partial charge in [-0.1, -0.05) is 298 Å². The van der Waals surface area contributed by atoms with E-state index in [2.05, 4.69) is 41.5 Å². The minimum absolute atomic E-state index is 0.0636. The van der Waals surface area contributed by atoms with E-state index >= 15 is 0 Å². The van der Waals surface area contributed by atoms with E-state index in [1.54, 1.807) is 0 Å². The van der Waals surface area contributed by atoms with Gasteiger partial charge in [-0.05, 0) is 37.0 Å². The van der Waals surface area contributed by atoms with Gasteiger partial charge in [-0.3, -0.25) is 14.4 Å². The van der Waals surface area contributed by atoms with Crippen LogP contribution in [0, 0.1) is 17.8 Å². The lowest BCUT2D eigenvalue weighted by Gasteiger charge is -2.18. The molecule has 0 saturated heterocycles. The van der Waals surface area contributed by atoms with Gasteiger partial charge in [-0.25, -0.2) is 0 Å². The first kappa shape index (κ1) is 65.4. The third kappa shape index (κ3) is 53.6. The van der Waals surface area contributed by atoms with Gasteiger partial charge >= 0.3 is 17.9 Å². The highest BCUT2D eigenvalue weighted by Crippen LogP contribution is 2.19. The molecule has 0 saturated carbocycles. The Bertz CT molecular complexity index is 1040. The molecule has 67 heavy (non-hydrogen) atoms. The van der Waals surface area contributed by atoms with Gasteiger partial charge in [0.25, 0.3) is 0 Å². The fourth-order valence-corrected chi connectivity index (χ4v) is 9.32. The molecule has 0 aromatic rings. The Hall–Kier alpha value is -1.59. The fourth-order valence-electron chi connectivity index (χ4n) is 9.32. The third-order valence-corrected chi connectivity index (χ3v) is 14.3. The number of carbonyl (C=O) groups is 3. The van der Waals surface area contributed by atoms with Crippen LogP contribution in [-0.2, 0) is 28.6 Å². The minimum atomic E-state index is -0.764. The first-order valence-corrected chi connectivity index (χ1v) is 30.1. The zero-order chi connectivity index (χ0) is 49.1. The van der Waals surface area contributed by atoms with Gasteiger partial charge in [0, 0.05) is 19.3 Å². The van der Waals surface area contributed by atoms with Gasteiger partial charge in [0.2, 0.25) is 0 Å². The molecule has 0 bridgehead atoms. The van der Waals surface area contributed by atoms with Crippen LogP contribution in [0.1, 0.15) is 337 Å². The summed E-state index contributed by atoms with van der Waals surface area (Å²) in [5.74, 6) is 1.70. The maximum Gasteiger partial charge on any atom is 0.306 e. The molecule has 0 fully saturated rings. The molecule has 0 spiro atoms. The predicted octanol–water partition coefficient (Wildman–Crippen LogP) is 19.9. The Morgan fingerprint density at radius 1 is 0.299 bits per heavy atom. The lowest BCUT2D eigenvalue weighted by atomic mass is 9.99. The van der Waals surface area contributed by atoms with Crippen LogP contribution in [0.4, 0.5) is 0 Å². The Labute approximate surface area is 418 Å². The molecular formula is C61H118O6. The van der Waals surface area contributed by atoms with Crippen molar-refractivity contribution >= 4 is 17.9 Å². The predicted molar refractivity (Wildman–Crippen MR) is 289 cm³/mol. The van der Waals surface area contributed by atoms with E-state index in [4.69, 9.17) is 14.2 Å². The van der Waals surface area contributed by atoms with Crippen LogP contribution < -0.4 is 0 Å². The average molecular weight is 948 g/mol. The molecule has 6 heteroatoms. The molecule has 1 unspecified atom stereocenters. The molecule has 0 amide bonds. The molecule has 2 atom stereocenters. The molecular weight excluding hydrogens is 829 g/mol. The zero-order valence-corrected chi connectivity index (χ0v) is 46.2. The maximum atomic E-state index is 12.9. The molecule has 0 rings (SSSR count). The second-order valence-corrected chi connectivity index (χ2v) is 22.2. The highest BCUT2D eigenvalue weighted by molar-refractivity contribution is 5.71. The summed E-state index contributed by atoms with van der Waals surface area (Å²) in [6, 6.07) is 0. The van der Waals surface area contributed by atoms with Crippen molar-refractivity contribution < 1.29 is 28.6 Å². The van der Waals surface area contributed by atoms with Crippen molar-refractivity contribution in [1.29, 1.82) is 0 Å². The molecule has 0 aliphatic carbocycles. The summed E-state index contributed by atoms with van der Waals surface area (Å²) in [4.78, 5) is 38.2. The van der Waals surface area contributed by atoms with Crippen molar-refractivity contribution in [2.75, 3.05) is 13.2 Å². The van der Waals surface area contributed by atoms with Gasteiger partial charge in [0.05, 0.1) is 0 Å². The van der Waals surface area contributed by atoms with E-state index in [0.717, 1.165) is 75.5 Å². The van der Waals surface area contributed by atoms with Crippen LogP contribution >= 0.6 is 0 Å². The van der Waals surface area contributed by atoms with E-state index in [9.17, 15) is 14.4 Å². The molecule has 0 aliphatic heterocycles. The van der Waals surface area contributed by atoms with Crippen molar-refractivity contribution in [3.8, 4) is 0 Å². The fraction of sp³-hybridized carbons (Fsp3) is 0.951. The number of unbranched alkanes of at least 4 members (excludes halogenated alkanes) is 36. The summed E-state index contributed by atoms with van der Waals surface area (Å²) in [7, 11) is 0. The summed E-state index contributed by atoms with van der Waals surface area (Å²) >= 11 is 0. The molecule has 6 nitrogen and oxygen atoms in total. The smallest absolute Gasteiger partial charge is 0.306 e. The van der Waals surface area contributed by atoms with Gasteiger partial charge in [-0.15, -0.1) is 0 Å². The van der Waals surface area contributed by atoms with Crippen molar-refractivity contribution in [1.82, 2.24) is 0 Å². The number of hydrogen-bond acceptors (Lipinski definition) is 6. The van der Waals surface area contributed by atoms with Crippen molar-refractivity contribution in [2.45, 2.75) is 343 Å². The Balaban J connectivity index is 4.26. The minimum Gasteiger partial charge on any atom is -0.462 e. The van der Waals surface area contributed by atoms with Gasteiger partial charge in [0.15, 0.2) is 6.10 Å². The first-order chi connectivity index (χ1) is 32.6. The van der Waals surface area contributed by atoms with E-state index in [1.807, 2.05) is 0 Å². The third-order valence-electron chi connectivity index (χ3n) is 14.3. The van der Waals surface area contributed by atoms with Crippen LogP contribution in [-0.4, -0.2) is 37.2 Å². The highest BCUT2D eigenvalue weighted by atomic mass is 16.6. The maximum absolute atomic E-state index is 12.9. The van der Waals surface area contributed by atoms with Crippen LogP contribution in [0.25, 0.3) is 0 Å². The average Bonchev–Trinajstić information content (AvgIpc) is 3.30. The molecule has 0 aromatic heterocycles. The van der Waals surface area contributed by atoms with Crippen molar-refractivity contribution in [3.63, 3.8) is 0 Å². The van der Waals surface area contributed by atoms with E-state index in [0.29, 0.717) is 19.3 Å². The summed E-state index contributed by atoms with van der Waals surface area (Å²) in [5.41, 5.74) is 0.